The maximum absolute atomic E-state index is 9.66. The van der Waals surface area contributed by atoms with E-state index in [2.05, 4.69) is 20.8 Å². The molecule has 1 heterocycles. The van der Waals surface area contributed by atoms with Crippen molar-refractivity contribution in [2.75, 3.05) is 6.54 Å². The number of hydrogen-bond donors (Lipinski definition) is 2. The van der Waals surface area contributed by atoms with Crippen molar-refractivity contribution in [2.24, 2.45) is 5.73 Å². The molecule has 0 aliphatic carbocycles. The Morgan fingerprint density at radius 2 is 1.88 bits per heavy atom. The summed E-state index contributed by atoms with van der Waals surface area (Å²) < 4.78 is 5.67. The van der Waals surface area contributed by atoms with Crippen LogP contribution >= 0.6 is 0 Å². The number of aliphatic hydroxyl groups excluding tert-OH is 1. The monoisotopic (exact) mass is 241 g/mol. The van der Waals surface area contributed by atoms with E-state index in [-0.39, 0.29) is 6.54 Å². The second-order valence-corrected chi connectivity index (χ2v) is 9.51. The van der Waals surface area contributed by atoms with E-state index in [4.69, 9.17) is 10.2 Å². The van der Waals surface area contributed by atoms with Crippen molar-refractivity contribution < 1.29 is 9.52 Å². The minimum atomic E-state index is -1.45. The maximum atomic E-state index is 9.66. The van der Waals surface area contributed by atoms with Gasteiger partial charge in [0.25, 0.3) is 0 Å². The molecule has 1 rings (SSSR count). The van der Waals surface area contributed by atoms with Crippen molar-refractivity contribution in [3.63, 3.8) is 0 Å². The largest absolute Gasteiger partial charge is 0.474 e. The van der Waals surface area contributed by atoms with E-state index < -0.39 is 14.2 Å². The first-order chi connectivity index (χ1) is 7.63. The molecule has 0 aromatic carbocycles. The second kappa shape index (κ2) is 5.66. The molecular weight excluding hydrogens is 218 g/mol. The van der Waals surface area contributed by atoms with Gasteiger partial charge in [-0.1, -0.05) is 38.9 Å². The molecule has 16 heavy (non-hydrogen) atoms. The lowest BCUT2D eigenvalue weighted by Gasteiger charge is -2.24. The van der Waals surface area contributed by atoms with Crippen molar-refractivity contribution in [2.45, 2.75) is 45.0 Å². The van der Waals surface area contributed by atoms with Crippen LogP contribution in [0.1, 0.15) is 32.4 Å². The Morgan fingerprint density at radius 3 is 2.31 bits per heavy atom. The SMILES string of the molecule is CC[Si](CC)(CC)c1cc(C(O)CN)co1. The quantitative estimate of drug-likeness (QED) is 0.749. The van der Waals surface area contributed by atoms with E-state index in [0.717, 1.165) is 10.9 Å². The molecule has 0 bridgehead atoms. The molecule has 3 N–H and O–H groups in total. The fourth-order valence-electron chi connectivity index (χ4n) is 2.21. The van der Waals surface area contributed by atoms with Crippen LogP contribution in [-0.2, 0) is 0 Å². The third kappa shape index (κ3) is 2.39. The van der Waals surface area contributed by atoms with E-state index in [1.165, 1.54) is 18.1 Å². The van der Waals surface area contributed by atoms with E-state index in [1.807, 2.05) is 6.07 Å². The summed E-state index contributed by atoms with van der Waals surface area (Å²) in [4.78, 5) is 0. The predicted molar refractivity (Wildman–Crippen MR) is 69.6 cm³/mol. The van der Waals surface area contributed by atoms with Gasteiger partial charge >= 0.3 is 0 Å². The summed E-state index contributed by atoms with van der Waals surface area (Å²) in [5.41, 5.74) is 6.26. The van der Waals surface area contributed by atoms with Crippen LogP contribution in [0.15, 0.2) is 16.7 Å². The lowest BCUT2D eigenvalue weighted by atomic mass is 10.2. The lowest BCUT2D eigenvalue weighted by molar-refractivity contribution is 0.186. The molecule has 0 saturated heterocycles. The predicted octanol–water partition coefficient (Wildman–Crippen LogP) is 1.99. The Kier molecular flexibility index (Phi) is 4.77. The van der Waals surface area contributed by atoms with Gasteiger partial charge in [-0.05, 0) is 6.07 Å². The highest BCUT2D eigenvalue weighted by Crippen LogP contribution is 2.22. The highest BCUT2D eigenvalue weighted by Gasteiger charge is 2.33. The van der Waals surface area contributed by atoms with Gasteiger partial charge in [-0.25, -0.2) is 0 Å². The molecule has 0 aliphatic rings. The number of aliphatic hydroxyl groups is 1. The standard InChI is InChI=1S/C12H23NO2Si/c1-4-16(5-2,6-3)12-7-10(9-15-12)11(14)8-13/h7,9,11,14H,4-6,8,13H2,1-3H3. The first-order valence-electron chi connectivity index (χ1n) is 6.10. The summed E-state index contributed by atoms with van der Waals surface area (Å²) >= 11 is 0. The summed E-state index contributed by atoms with van der Waals surface area (Å²) in [6.45, 7) is 6.96. The fraction of sp³-hybridized carbons (Fsp3) is 0.667. The van der Waals surface area contributed by atoms with Crippen molar-refractivity contribution in [3.05, 3.63) is 17.9 Å². The summed E-state index contributed by atoms with van der Waals surface area (Å²) in [6.07, 6.45) is 1.07. The molecule has 0 spiro atoms. The van der Waals surface area contributed by atoms with Gasteiger partial charge in [0.15, 0.2) is 0 Å². The topological polar surface area (TPSA) is 59.4 Å². The van der Waals surface area contributed by atoms with Gasteiger partial charge in [0.2, 0.25) is 0 Å². The number of furan rings is 1. The minimum absolute atomic E-state index is 0.248. The van der Waals surface area contributed by atoms with Crippen LogP contribution < -0.4 is 11.1 Å². The molecule has 1 aromatic heterocycles. The minimum Gasteiger partial charge on any atom is -0.474 e. The van der Waals surface area contributed by atoms with Crippen LogP contribution in [0.5, 0.6) is 0 Å². The van der Waals surface area contributed by atoms with Gasteiger partial charge in [-0.15, -0.1) is 0 Å². The molecular formula is C12H23NO2Si. The molecule has 0 radical (unpaired) electrons. The highest BCUT2D eigenvalue weighted by atomic mass is 28.3. The Morgan fingerprint density at radius 1 is 1.31 bits per heavy atom. The first-order valence-corrected chi connectivity index (χ1v) is 8.72. The van der Waals surface area contributed by atoms with E-state index in [0.29, 0.717) is 0 Å². The van der Waals surface area contributed by atoms with Crippen molar-refractivity contribution in [3.8, 4) is 0 Å². The lowest BCUT2D eigenvalue weighted by Crippen LogP contribution is -2.44. The van der Waals surface area contributed by atoms with Crippen molar-refractivity contribution >= 4 is 13.5 Å². The molecule has 4 heteroatoms. The van der Waals surface area contributed by atoms with Gasteiger partial charge in [-0.3, -0.25) is 0 Å². The normalized spacial score (nSPS) is 14.1. The third-order valence-corrected chi connectivity index (χ3v) is 9.15. The van der Waals surface area contributed by atoms with Crippen LogP contribution in [-0.4, -0.2) is 19.7 Å². The summed E-state index contributed by atoms with van der Waals surface area (Å²) in [5, 5.41) is 10.8. The van der Waals surface area contributed by atoms with E-state index >= 15 is 0 Å². The zero-order valence-corrected chi connectivity index (χ0v) is 11.5. The average molecular weight is 241 g/mol. The Bertz CT molecular complexity index is 312. The van der Waals surface area contributed by atoms with E-state index in [9.17, 15) is 5.11 Å². The highest BCUT2D eigenvalue weighted by molar-refractivity contribution is 6.90. The second-order valence-electron chi connectivity index (χ2n) is 4.34. The zero-order chi connectivity index (χ0) is 12.2. The molecule has 0 saturated carbocycles. The van der Waals surface area contributed by atoms with Gasteiger partial charge < -0.3 is 15.3 Å². The molecule has 0 fully saturated rings. The number of hydrogen-bond acceptors (Lipinski definition) is 3. The molecule has 0 amide bonds. The molecule has 1 atom stereocenters. The Labute approximate surface area is 98.7 Å². The molecule has 1 aromatic rings. The van der Waals surface area contributed by atoms with Crippen LogP contribution in [0.25, 0.3) is 0 Å². The van der Waals surface area contributed by atoms with Crippen LogP contribution in [0.4, 0.5) is 0 Å². The summed E-state index contributed by atoms with van der Waals surface area (Å²) in [5.74, 6) is 0. The maximum Gasteiger partial charge on any atom is 0.131 e. The van der Waals surface area contributed by atoms with Crippen LogP contribution in [0, 0.1) is 0 Å². The molecule has 92 valence electrons. The van der Waals surface area contributed by atoms with Crippen molar-refractivity contribution in [1.29, 1.82) is 0 Å². The smallest absolute Gasteiger partial charge is 0.131 e. The van der Waals surface area contributed by atoms with Crippen molar-refractivity contribution in [1.82, 2.24) is 0 Å². The van der Waals surface area contributed by atoms with Gasteiger partial charge in [0, 0.05) is 12.1 Å². The van der Waals surface area contributed by atoms with Gasteiger partial charge in [-0.2, -0.15) is 0 Å². The Hall–Kier alpha value is -0.583. The van der Waals surface area contributed by atoms with Crippen LogP contribution in [0.3, 0.4) is 0 Å². The molecule has 1 unspecified atom stereocenters. The molecule has 0 aliphatic heterocycles. The third-order valence-electron chi connectivity index (χ3n) is 3.78. The molecule has 3 nitrogen and oxygen atoms in total. The first kappa shape index (κ1) is 13.5. The van der Waals surface area contributed by atoms with Gasteiger partial charge in [0.05, 0.1) is 17.8 Å². The van der Waals surface area contributed by atoms with Gasteiger partial charge in [0.1, 0.15) is 8.07 Å². The number of nitrogens with two attached hydrogens (primary N) is 1. The zero-order valence-electron chi connectivity index (χ0n) is 10.5. The Balaban J connectivity index is 2.99. The fourth-order valence-corrected chi connectivity index (χ4v) is 5.54. The van der Waals surface area contributed by atoms with Crippen LogP contribution in [0.2, 0.25) is 18.1 Å². The summed E-state index contributed by atoms with van der Waals surface area (Å²) in [7, 11) is -1.45. The number of rotatable bonds is 6. The average Bonchev–Trinajstić information content (AvgIpc) is 2.81. The summed E-state index contributed by atoms with van der Waals surface area (Å²) in [6, 6.07) is 5.57. The van der Waals surface area contributed by atoms with E-state index in [1.54, 1.807) is 6.26 Å².